The summed E-state index contributed by atoms with van der Waals surface area (Å²) in [6.07, 6.45) is 8.95. The molecule has 0 saturated carbocycles. The largest absolute Gasteiger partial charge is 0.444 e. The Labute approximate surface area is 188 Å². The molecule has 2 heterocycles. The number of nitrogens with one attached hydrogen (secondary N) is 1. The maximum absolute atomic E-state index is 12.6. The summed E-state index contributed by atoms with van der Waals surface area (Å²) < 4.78 is 5.53. The Morgan fingerprint density at radius 3 is 2.80 bits per heavy atom. The Balaban J connectivity index is 1.67. The number of amides is 2. The minimum atomic E-state index is -0.547. The molecule has 0 aliphatic carbocycles. The van der Waals surface area contributed by atoms with Gasteiger partial charge in [0.1, 0.15) is 5.60 Å². The van der Waals surface area contributed by atoms with E-state index in [1.165, 1.54) is 18.6 Å². The van der Waals surface area contributed by atoms with Crippen LogP contribution in [-0.4, -0.2) is 51.6 Å². The summed E-state index contributed by atoms with van der Waals surface area (Å²) in [7, 11) is 3.96. The van der Waals surface area contributed by atoms with Gasteiger partial charge in [-0.2, -0.15) is 0 Å². The molecular formula is C22H35N3O3S2. The van der Waals surface area contributed by atoms with Crippen molar-refractivity contribution < 1.29 is 14.3 Å². The van der Waals surface area contributed by atoms with E-state index >= 15 is 0 Å². The lowest BCUT2D eigenvalue weighted by molar-refractivity contribution is -0.121. The van der Waals surface area contributed by atoms with Gasteiger partial charge >= 0.3 is 6.09 Å². The molecule has 2 amide bonds. The molecule has 30 heavy (non-hydrogen) atoms. The summed E-state index contributed by atoms with van der Waals surface area (Å²) >= 11 is 0. The first-order valence-corrected chi connectivity index (χ1v) is 13.1. The van der Waals surface area contributed by atoms with E-state index in [1.807, 2.05) is 54.5 Å². The summed E-state index contributed by atoms with van der Waals surface area (Å²) in [5.74, 6) is 1.36. The van der Waals surface area contributed by atoms with Crippen molar-refractivity contribution in [1.82, 2.24) is 15.2 Å². The topological polar surface area (TPSA) is 71.5 Å². The van der Waals surface area contributed by atoms with Crippen molar-refractivity contribution in [3.63, 3.8) is 0 Å². The zero-order chi connectivity index (χ0) is 21.8. The molecule has 1 atom stereocenters. The van der Waals surface area contributed by atoms with Crippen molar-refractivity contribution in [2.24, 2.45) is 0 Å². The van der Waals surface area contributed by atoms with Crippen LogP contribution >= 0.6 is 21.6 Å². The van der Waals surface area contributed by atoms with Crippen LogP contribution in [0.3, 0.4) is 0 Å². The Morgan fingerprint density at radius 2 is 2.13 bits per heavy atom. The van der Waals surface area contributed by atoms with Crippen LogP contribution in [0.25, 0.3) is 0 Å². The zero-order valence-corrected chi connectivity index (χ0v) is 20.0. The zero-order valence-electron chi connectivity index (χ0n) is 18.4. The van der Waals surface area contributed by atoms with Gasteiger partial charge in [0.25, 0.3) is 0 Å². The number of unbranched alkanes of at least 4 members (excludes halogenated alkanes) is 1. The Hall–Kier alpha value is -1.41. The van der Waals surface area contributed by atoms with Crippen molar-refractivity contribution in [1.29, 1.82) is 0 Å². The lowest BCUT2D eigenvalue weighted by Gasteiger charge is -2.27. The highest BCUT2D eigenvalue weighted by atomic mass is 33.1. The van der Waals surface area contributed by atoms with Gasteiger partial charge in [0, 0.05) is 42.9 Å². The van der Waals surface area contributed by atoms with E-state index in [1.54, 1.807) is 17.3 Å². The number of pyridine rings is 1. The number of rotatable bonds is 11. The van der Waals surface area contributed by atoms with Crippen LogP contribution < -0.4 is 5.32 Å². The number of nitrogens with zero attached hydrogens (tertiary/aromatic N) is 2. The van der Waals surface area contributed by atoms with Gasteiger partial charge in [-0.3, -0.25) is 9.78 Å². The Bertz CT molecular complexity index is 647. The Kier molecular flexibility index (Phi) is 10.9. The van der Waals surface area contributed by atoms with E-state index in [0.29, 0.717) is 32.5 Å². The first-order chi connectivity index (χ1) is 14.3. The number of hydrogen-bond donors (Lipinski definition) is 1. The molecule has 0 spiro atoms. The second kappa shape index (κ2) is 13.1. The normalized spacial score (nSPS) is 16.3. The first-order valence-electron chi connectivity index (χ1n) is 10.8. The summed E-state index contributed by atoms with van der Waals surface area (Å²) in [5, 5.41) is 3.75. The van der Waals surface area contributed by atoms with Gasteiger partial charge in [0.15, 0.2) is 0 Å². The molecule has 0 aromatic carbocycles. The molecule has 1 unspecified atom stereocenters. The minimum absolute atomic E-state index is 0.0968. The molecule has 0 radical (unpaired) electrons. The highest BCUT2D eigenvalue weighted by Crippen LogP contribution is 2.39. The molecule has 1 aromatic heterocycles. The fourth-order valence-corrected chi connectivity index (χ4v) is 6.11. The fraction of sp³-hybridized carbons (Fsp3) is 0.682. The van der Waals surface area contributed by atoms with Gasteiger partial charge in [0.2, 0.25) is 5.91 Å². The van der Waals surface area contributed by atoms with Gasteiger partial charge in [-0.05, 0) is 58.1 Å². The first kappa shape index (κ1) is 24.9. The molecule has 1 aromatic rings. The molecule has 1 N–H and O–H groups in total. The van der Waals surface area contributed by atoms with E-state index in [4.69, 9.17) is 4.74 Å². The second-order valence-corrected chi connectivity index (χ2v) is 11.3. The van der Waals surface area contributed by atoms with Gasteiger partial charge < -0.3 is 15.0 Å². The molecule has 1 aliphatic heterocycles. The van der Waals surface area contributed by atoms with E-state index in [2.05, 4.69) is 10.3 Å². The van der Waals surface area contributed by atoms with Crippen molar-refractivity contribution in [3.05, 3.63) is 30.1 Å². The van der Waals surface area contributed by atoms with Crippen molar-refractivity contribution in [3.8, 4) is 0 Å². The molecule has 2 rings (SSSR count). The molecule has 1 aliphatic rings. The number of aromatic nitrogens is 1. The van der Waals surface area contributed by atoms with E-state index in [9.17, 15) is 9.59 Å². The summed E-state index contributed by atoms with van der Waals surface area (Å²) in [6.45, 7) is 7.09. The SMILES string of the molecule is CC(C)(C)OC(=O)N(CCCNC(=O)CCCCC1CCSS1)Cc1cccnc1. The molecule has 0 bridgehead atoms. The molecule has 1 fully saturated rings. The van der Waals surface area contributed by atoms with E-state index in [-0.39, 0.29) is 12.0 Å². The summed E-state index contributed by atoms with van der Waals surface area (Å²) in [4.78, 5) is 30.4. The van der Waals surface area contributed by atoms with Gasteiger partial charge in [0.05, 0.1) is 6.54 Å². The minimum Gasteiger partial charge on any atom is -0.444 e. The van der Waals surface area contributed by atoms with Gasteiger partial charge in [-0.25, -0.2) is 4.79 Å². The summed E-state index contributed by atoms with van der Waals surface area (Å²) in [5.41, 5.74) is 0.403. The third-order valence-electron chi connectivity index (χ3n) is 4.58. The van der Waals surface area contributed by atoms with Crippen LogP contribution in [0, 0.1) is 0 Å². The highest BCUT2D eigenvalue weighted by Gasteiger charge is 2.22. The standard InChI is InChI=1S/C22H35N3O3S2/c1-22(2,3)28-21(27)25(17-18-8-6-12-23-16-18)14-7-13-24-20(26)10-5-4-9-19-11-15-29-30-19/h6,8,12,16,19H,4-5,7,9-11,13-15,17H2,1-3H3,(H,24,26). The van der Waals surface area contributed by atoms with Gasteiger partial charge in [-0.15, -0.1) is 0 Å². The van der Waals surface area contributed by atoms with Crippen LogP contribution in [0.5, 0.6) is 0 Å². The average molecular weight is 454 g/mol. The molecule has 6 nitrogen and oxygen atoms in total. The third-order valence-corrected chi connectivity index (χ3v) is 7.59. The van der Waals surface area contributed by atoms with Crippen molar-refractivity contribution >= 4 is 33.6 Å². The van der Waals surface area contributed by atoms with Crippen LogP contribution in [0.2, 0.25) is 0 Å². The van der Waals surface area contributed by atoms with Gasteiger partial charge in [-0.1, -0.05) is 34.1 Å². The smallest absolute Gasteiger partial charge is 0.410 e. The van der Waals surface area contributed by atoms with Crippen LogP contribution in [-0.2, 0) is 16.1 Å². The van der Waals surface area contributed by atoms with E-state index in [0.717, 1.165) is 23.7 Å². The maximum atomic E-state index is 12.6. The van der Waals surface area contributed by atoms with Crippen LogP contribution in [0.15, 0.2) is 24.5 Å². The lowest BCUT2D eigenvalue weighted by atomic mass is 10.1. The molecule has 168 valence electrons. The number of carbonyl (C=O) groups excluding carboxylic acids is 2. The van der Waals surface area contributed by atoms with Crippen LogP contribution in [0.1, 0.15) is 64.9 Å². The van der Waals surface area contributed by atoms with Crippen molar-refractivity contribution in [2.75, 3.05) is 18.8 Å². The quantitative estimate of drug-likeness (QED) is 0.374. The fourth-order valence-electron chi connectivity index (χ4n) is 3.08. The highest BCUT2D eigenvalue weighted by molar-refractivity contribution is 8.77. The monoisotopic (exact) mass is 453 g/mol. The summed E-state index contributed by atoms with van der Waals surface area (Å²) in [6, 6.07) is 3.79. The Morgan fingerprint density at radius 1 is 1.30 bits per heavy atom. The third kappa shape index (κ3) is 10.6. The van der Waals surface area contributed by atoms with E-state index < -0.39 is 5.60 Å². The van der Waals surface area contributed by atoms with Crippen LogP contribution in [0.4, 0.5) is 4.79 Å². The molecule has 1 saturated heterocycles. The van der Waals surface area contributed by atoms with Crippen molar-refractivity contribution in [2.45, 2.75) is 76.7 Å². The maximum Gasteiger partial charge on any atom is 0.410 e. The predicted octanol–water partition coefficient (Wildman–Crippen LogP) is 5.04. The number of hydrogen-bond acceptors (Lipinski definition) is 6. The number of ether oxygens (including phenoxy) is 1. The second-order valence-electron chi connectivity index (χ2n) is 8.54. The lowest BCUT2D eigenvalue weighted by Crippen LogP contribution is -2.38. The average Bonchev–Trinajstić information content (AvgIpc) is 3.20. The molecular weight excluding hydrogens is 418 g/mol. The molecule has 8 heteroatoms. The predicted molar refractivity (Wildman–Crippen MR) is 125 cm³/mol. The number of carbonyl (C=O) groups is 2.